The molecular weight excluding hydrogens is 432 g/mol. The number of thiazole rings is 1. The van der Waals surface area contributed by atoms with Gasteiger partial charge in [-0.25, -0.2) is 13.4 Å². The van der Waals surface area contributed by atoms with Crippen LogP contribution in [-0.2, 0) is 16.6 Å². The Labute approximate surface area is 186 Å². The van der Waals surface area contributed by atoms with Crippen LogP contribution in [0.15, 0.2) is 53.7 Å². The van der Waals surface area contributed by atoms with Crippen LogP contribution >= 0.6 is 11.3 Å². The summed E-state index contributed by atoms with van der Waals surface area (Å²) in [4.78, 5) is 22.5. The first-order valence-corrected chi connectivity index (χ1v) is 12.5. The summed E-state index contributed by atoms with van der Waals surface area (Å²) in [5.74, 6) is -0.252. The van der Waals surface area contributed by atoms with Crippen LogP contribution in [0.5, 0.6) is 0 Å². The van der Waals surface area contributed by atoms with Gasteiger partial charge in [-0.3, -0.25) is 9.78 Å². The number of aromatic nitrogens is 2. The van der Waals surface area contributed by atoms with Crippen molar-refractivity contribution >= 4 is 27.3 Å². The Kier molecular flexibility index (Phi) is 6.45. The summed E-state index contributed by atoms with van der Waals surface area (Å²) in [6.07, 6.45) is 6.32. The first kappa shape index (κ1) is 21.6. The number of nitrogens with zero attached hydrogens (tertiary/aromatic N) is 3. The molecule has 3 aromatic rings. The third kappa shape index (κ3) is 4.84. The molecule has 0 unspecified atom stereocenters. The van der Waals surface area contributed by atoms with Crippen LogP contribution in [0.1, 0.15) is 40.2 Å². The number of hydrogen-bond donors (Lipinski definition) is 1. The minimum Gasteiger partial charge on any atom is -0.347 e. The number of aryl methyl sites for hydroxylation is 1. The zero-order valence-electron chi connectivity index (χ0n) is 17.2. The van der Waals surface area contributed by atoms with Crippen molar-refractivity contribution in [3.05, 3.63) is 64.9 Å². The van der Waals surface area contributed by atoms with Crippen LogP contribution in [-0.4, -0.2) is 41.7 Å². The molecule has 1 saturated heterocycles. The predicted molar refractivity (Wildman–Crippen MR) is 120 cm³/mol. The standard InChI is InChI=1S/C22H24N4O3S2/c1-16-20(30-22(25-16)18-6-5-11-23-14-18)15-24-21(27)17-7-9-19(10-8-17)31(28,29)26-12-3-2-4-13-26/h5-11,14H,2-4,12-13,15H2,1H3,(H,24,27). The largest absolute Gasteiger partial charge is 0.347 e. The van der Waals surface area contributed by atoms with Crippen molar-refractivity contribution in [3.63, 3.8) is 0 Å². The molecule has 0 atom stereocenters. The fourth-order valence-electron chi connectivity index (χ4n) is 3.50. The third-order valence-electron chi connectivity index (χ3n) is 5.28. The molecule has 9 heteroatoms. The molecule has 0 radical (unpaired) electrons. The second-order valence-electron chi connectivity index (χ2n) is 7.44. The highest BCUT2D eigenvalue weighted by Crippen LogP contribution is 2.27. The summed E-state index contributed by atoms with van der Waals surface area (Å²) >= 11 is 1.52. The fourth-order valence-corrected chi connectivity index (χ4v) is 6.01. The number of amides is 1. The predicted octanol–water partition coefficient (Wildman–Crippen LogP) is 3.62. The summed E-state index contributed by atoms with van der Waals surface area (Å²) in [5, 5.41) is 3.76. The highest BCUT2D eigenvalue weighted by atomic mass is 32.2. The van der Waals surface area contributed by atoms with Crippen LogP contribution in [0.2, 0.25) is 0 Å². The van der Waals surface area contributed by atoms with Gasteiger partial charge >= 0.3 is 0 Å². The quantitative estimate of drug-likeness (QED) is 0.612. The molecule has 1 N–H and O–H groups in total. The molecule has 31 heavy (non-hydrogen) atoms. The van der Waals surface area contributed by atoms with Crippen molar-refractivity contribution in [3.8, 4) is 10.6 Å². The molecule has 3 heterocycles. The number of sulfonamides is 1. The van der Waals surface area contributed by atoms with E-state index in [-0.39, 0.29) is 10.8 Å². The van der Waals surface area contributed by atoms with E-state index in [1.54, 1.807) is 24.5 Å². The Balaban J connectivity index is 1.41. The zero-order chi connectivity index (χ0) is 21.8. The van der Waals surface area contributed by atoms with Gasteiger partial charge in [0.1, 0.15) is 5.01 Å². The maximum atomic E-state index is 12.8. The number of carbonyl (C=O) groups excluding carboxylic acids is 1. The first-order valence-electron chi connectivity index (χ1n) is 10.2. The molecule has 1 amide bonds. The Hall–Kier alpha value is -2.62. The summed E-state index contributed by atoms with van der Waals surface area (Å²) in [7, 11) is -3.50. The van der Waals surface area contributed by atoms with Gasteiger partial charge in [0.05, 0.1) is 17.1 Å². The summed E-state index contributed by atoms with van der Waals surface area (Å²) in [6.45, 7) is 3.38. The van der Waals surface area contributed by atoms with Crippen molar-refractivity contribution in [2.45, 2.75) is 37.6 Å². The maximum absolute atomic E-state index is 12.8. The number of benzene rings is 1. The van der Waals surface area contributed by atoms with Gasteiger partial charge in [-0.1, -0.05) is 6.42 Å². The smallest absolute Gasteiger partial charge is 0.251 e. The second-order valence-corrected chi connectivity index (χ2v) is 10.5. The van der Waals surface area contributed by atoms with Gasteiger partial charge < -0.3 is 5.32 Å². The van der Waals surface area contributed by atoms with Gasteiger partial charge in [-0.2, -0.15) is 4.31 Å². The van der Waals surface area contributed by atoms with E-state index in [2.05, 4.69) is 15.3 Å². The number of hydrogen-bond acceptors (Lipinski definition) is 6. The van der Waals surface area contributed by atoms with Gasteiger partial charge in [0.25, 0.3) is 5.91 Å². The van der Waals surface area contributed by atoms with Crippen LogP contribution in [0.4, 0.5) is 0 Å². The van der Waals surface area contributed by atoms with Gasteiger partial charge in [0, 0.05) is 41.5 Å². The number of piperidine rings is 1. The van der Waals surface area contributed by atoms with E-state index in [1.807, 2.05) is 19.1 Å². The molecule has 0 saturated carbocycles. The lowest BCUT2D eigenvalue weighted by Gasteiger charge is -2.25. The Morgan fingerprint density at radius 2 is 1.87 bits per heavy atom. The summed E-state index contributed by atoms with van der Waals surface area (Å²) < 4.78 is 27.0. The molecule has 4 rings (SSSR count). The van der Waals surface area contributed by atoms with Gasteiger partial charge in [-0.05, 0) is 56.2 Å². The molecule has 0 spiro atoms. The summed E-state index contributed by atoms with van der Waals surface area (Å²) in [6, 6.07) is 9.96. The van der Waals surface area contributed by atoms with E-state index in [0.717, 1.165) is 40.4 Å². The van der Waals surface area contributed by atoms with Crippen LogP contribution < -0.4 is 5.32 Å². The number of nitrogens with one attached hydrogen (secondary N) is 1. The second kappa shape index (κ2) is 9.25. The van der Waals surface area contributed by atoms with Crippen molar-refractivity contribution in [1.29, 1.82) is 0 Å². The van der Waals surface area contributed by atoms with Gasteiger partial charge in [-0.15, -0.1) is 11.3 Å². The number of carbonyl (C=O) groups is 1. The molecule has 2 aromatic heterocycles. The Morgan fingerprint density at radius 3 is 2.55 bits per heavy atom. The highest BCUT2D eigenvalue weighted by molar-refractivity contribution is 7.89. The minimum atomic E-state index is -3.50. The minimum absolute atomic E-state index is 0.227. The molecular formula is C22H24N4O3S2. The van der Waals surface area contributed by atoms with E-state index < -0.39 is 10.0 Å². The van der Waals surface area contributed by atoms with E-state index >= 15 is 0 Å². The Morgan fingerprint density at radius 1 is 1.13 bits per heavy atom. The first-order chi connectivity index (χ1) is 14.9. The van der Waals surface area contributed by atoms with Crippen molar-refractivity contribution in [1.82, 2.24) is 19.6 Å². The SMILES string of the molecule is Cc1nc(-c2cccnc2)sc1CNC(=O)c1ccc(S(=O)(=O)N2CCCCC2)cc1. The molecule has 1 fully saturated rings. The molecule has 0 bridgehead atoms. The van der Waals surface area contributed by atoms with Crippen molar-refractivity contribution in [2.75, 3.05) is 13.1 Å². The lowest BCUT2D eigenvalue weighted by molar-refractivity contribution is 0.0951. The molecule has 7 nitrogen and oxygen atoms in total. The van der Waals surface area contributed by atoms with E-state index in [1.165, 1.54) is 27.8 Å². The average Bonchev–Trinajstić information content (AvgIpc) is 3.19. The normalized spacial score (nSPS) is 15.0. The molecule has 1 aliphatic rings. The van der Waals surface area contributed by atoms with E-state index in [9.17, 15) is 13.2 Å². The van der Waals surface area contributed by atoms with E-state index in [4.69, 9.17) is 0 Å². The molecule has 162 valence electrons. The number of pyridine rings is 1. The lowest BCUT2D eigenvalue weighted by atomic mass is 10.2. The van der Waals surface area contributed by atoms with E-state index in [0.29, 0.717) is 25.2 Å². The third-order valence-corrected chi connectivity index (χ3v) is 8.40. The monoisotopic (exact) mass is 456 g/mol. The summed E-state index contributed by atoms with van der Waals surface area (Å²) in [5.41, 5.74) is 2.23. The molecule has 0 aliphatic carbocycles. The topological polar surface area (TPSA) is 92.3 Å². The van der Waals surface area contributed by atoms with Crippen LogP contribution in [0, 0.1) is 6.92 Å². The van der Waals surface area contributed by atoms with Crippen molar-refractivity contribution in [2.24, 2.45) is 0 Å². The fraction of sp³-hybridized carbons (Fsp3) is 0.318. The van der Waals surface area contributed by atoms with Crippen LogP contribution in [0.3, 0.4) is 0 Å². The maximum Gasteiger partial charge on any atom is 0.251 e. The lowest BCUT2D eigenvalue weighted by Crippen LogP contribution is -2.35. The van der Waals surface area contributed by atoms with Gasteiger partial charge in [0.2, 0.25) is 10.0 Å². The van der Waals surface area contributed by atoms with Crippen molar-refractivity contribution < 1.29 is 13.2 Å². The highest BCUT2D eigenvalue weighted by Gasteiger charge is 2.26. The molecule has 1 aromatic carbocycles. The zero-order valence-corrected chi connectivity index (χ0v) is 18.9. The average molecular weight is 457 g/mol. The van der Waals surface area contributed by atoms with Gasteiger partial charge in [0.15, 0.2) is 0 Å². The molecule has 1 aliphatic heterocycles. The Bertz CT molecular complexity index is 1150. The van der Waals surface area contributed by atoms with Crippen LogP contribution in [0.25, 0.3) is 10.6 Å². The number of rotatable bonds is 6.